The van der Waals surface area contributed by atoms with E-state index in [1.165, 1.54) is 0 Å². The van der Waals surface area contributed by atoms with E-state index < -0.39 is 0 Å². The van der Waals surface area contributed by atoms with Gasteiger partial charge in [-0.3, -0.25) is 0 Å². The molecule has 0 spiro atoms. The smallest absolute Gasteiger partial charge is 0.159 e. The van der Waals surface area contributed by atoms with Crippen LogP contribution in [-0.2, 0) is 12.8 Å². The molecule has 1 aromatic carbocycles. The van der Waals surface area contributed by atoms with Crippen LogP contribution in [0.4, 0.5) is 0 Å². The maximum absolute atomic E-state index is 5.63. The molecule has 0 radical (unpaired) electrons. The average molecular weight is 239 g/mol. The van der Waals surface area contributed by atoms with Crippen molar-refractivity contribution in [1.82, 2.24) is 9.97 Å². The molecule has 0 atom stereocenters. The van der Waals surface area contributed by atoms with Crippen molar-refractivity contribution in [2.45, 2.75) is 19.8 Å². The van der Waals surface area contributed by atoms with Crippen LogP contribution in [0.2, 0.25) is 0 Å². The van der Waals surface area contributed by atoms with Gasteiger partial charge in [0.05, 0.1) is 0 Å². The number of aryl methyl sites for hydroxylation is 1. The van der Waals surface area contributed by atoms with E-state index >= 15 is 0 Å². The number of rotatable bonds is 4. The minimum atomic E-state index is 0.661. The van der Waals surface area contributed by atoms with Gasteiger partial charge < -0.3 is 5.73 Å². The van der Waals surface area contributed by atoms with E-state index in [-0.39, 0.29) is 0 Å². The van der Waals surface area contributed by atoms with Gasteiger partial charge in [0.1, 0.15) is 0 Å². The summed E-state index contributed by atoms with van der Waals surface area (Å²) >= 11 is 0. The molecule has 0 unspecified atom stereocenters. The fraction of sp³-hybridized carbons (Fsp3) is 0.200. The van der Waals surface area contributed by atoms with Crippen LogP contribution >= 0.6 is 0 Å². The van der Waals surface area contributed by atoms with Gasteiger partial charge in [-0.05, 0) is 23.6 Å². The van der Waals surface area contributed by atoms with Crippen molar-refractivity contribution in [3.05, 3.63) is 60.1 Å². The lowest BCUT2D eigenvalue weighted by Gasteiger charge is -2.05. The van der Waals surface area contributed by atoms with E-state index in [9.17, 15) is 0 Å². The van der Waals surface area contributed by atoms with Gasteiger partial charge in [0.2, 0.25) is 0 Å². The molecule has 0 fully saturated rings. The normalized spacial score (nSPS) is 10.3. The second-order valence-electron chi connectivity index (χ2n) is 4.30. The van der Waals surface area contributed by atoms with Crippen LogP contribution in [0.25, 0.3) is 11.4 Å². The first-order valence-electron chi connectivity index (χ1n) is 6.02. The van der Waals surface area contributed by atoms with Crippen molar-refractivity contribution in [2.24, 2.45) is 5.73 Å². The molecule has 92 valence electrons. The second-order valence-corrected chi connectivity index (χ2v) is 4.30. The Morgan fingerprint density at radius 2 is 1.94 bits per heavy atom. The molecule has 0 saturated carbocycles. The summed E-state index contributed by atoms with van der Waals surface area (Å²) in [4.78, 5) is 8.75. The Kier molecular flexibility index (Phi) is 3.72. The summed E-state index contributed by atoms with van der Waals surface area (Å²) in [7, 11) is 0. The van der Waals surface area contributed by atoms with E-state index in [4.69, 9.17) is 5.73 Å². The fourth-order valence-electron chi connectivity index (χ4n) is 1.77. The largest absolute Gasteiger partial charge is 0.402 e. The Labute approximate surface area is 107 Å². The molecule has 2 N–H and O–H groups in total. The van der Waals surface area contributed by atoms with Gasteiger partial charge >= 0.3 is 0 Å². The summed E-state index contributed by atoms with van der Waals surface area (Å²) in [6.45, 7) is 5.81. The van der Waals surface area contributed by atoms with Gasteiger partial charge in [-0.2, -0.15) is 0 Å². The molecule has 1 heterocycles. The predicted molar refractivity (Wildman–Crippen MR) is 73.9 cm³/mol. The molecule has 0 aliphatic carbocycles. The molecule has 0 amide bonds. The number of hydrogen-bond donors (Lipinski definition) is 1. The lowest BCUT2D eigenvalue weighted by molar-refractivity contribution is 1.05. The molecule has 0 saturated heterocycles. The number of benzene rings is 1. The quantitative estimate of drug-likeness (QED) is 0.892. The van der Waals surface area contributed by atoms with E-state index in [0.717, 1.165) is 28.9 Å². The van der Waals surface area contributed by atoms with Crippen molar-refractivity contribution in [3.63, 3.8) is 0 Å². The third-order valence-corrected chi connectivity index (χ3v) is 2.73. The third-order valence-electron chi connectivity index (χ3n) is 2.73. The Hall–Kier alpha value is -2.16. The number of nitrogens with two attached hydrogens (primary N) is 1. The lowest BCUT2D eigenvalue weighted by atomic mass is 10.1. The minimum absolute atomic E-state index is 0.661. The zero-order chi connectivity index (χ0) is 13.0. The summed E-state index contributed by atoms with van der Waals surface area (Å²) in [6, 6.07) is 8.08. The van der Waals surface area contributed by atoms with E-state index in [2.05, 4.69) is 29.5 Å². The summed E-state index contributed by atoms with van der Waals surface area (Å²) in [6.07, 6.45) is 5.38. The van der Waals surface area contributed by atoms with Crippen molar-refractivity contribution in [1.29, 1.82) is 0 Å². The predicted octanol–water partition coefficient (Wildman–Crippen LogP) is 2.72. The monoisotopic (exact) mass is 239 g/mol. The summed E-state index contributed by atoms with van der Waals surface area (Å²) in [5.74, 6) is 0.747. The zero-order valence-corrected chi connectivity index (χ0v) is 10.6. The highest BCUT2D eigenvalue weighted by molar-refractivity contribution is 5.56. The van der Waals surface area contributed by atoms with E-state index in [0.29, 0.717) is 12.1 Å². The van der Waals surface area contributed by atoms with Crippen molar-refractivity contribution >= 4 is 0 Å². The Bertz CT molecular complexity index is 544. The summed E-state index contributed by atoms with van der Waals surface area (Å²) in [5.41, 5.74) is 9.57. The first-order chi connectivity index (χ1) is 8.69. The van der Waals surface area contributed by atoms with Crippen LogP contribution in [-0.4, -0.2) is 9.97 Å². The number of hydrogen-bond acceptors (Lipinski definition) is 3. The Morgan fingerprint density at radius 3 is 2.56 bits per heavy atom. The standard InChI is InChI=1S/C15H17N3/c1-3-12-9-17-15(18-10-12)14-6-4-5-13(8-14)7-11(2)16/h4-6,8-10H,2-3,7,16H2,1H3. The highest BCUT2D eigenvalue weighted by Crippen LogP contribution is 2.17. The molecule has 2 rings (SSSR count). The van der Waals surface area contributed by atoms with E-state index in [1.54, 1.807) is 0 Å². The first kappa shape index (κ1) is 12.3. The summed E-state index contributed by atoms with van der Waals surface area (Å²) < 4.78 is 0. The molecule has 0 bridgehead atoms. The van der Waals surface area contributed by atoms with Gasteiger partial charge in [0.25, 0.3) is 0 Å². The van der Waals surface area contributed by atoms with Gasteiger partial charge in [-0.1, -0.05) is 31.7 Å². The van der Waals surface area contributed by atoms with Crippen LogP contribution in [0.15, 0.2) is 48.9 Å². The third kappa shape index (κ3) is 2.94. The maximum atomic E-state index is 5.63. The van der Waals surface area contributed by atoms with Gasteiger partial charge in [-0.15, -0.1) is 0 Å². The molecule has 2 aromatic rings. The average Bonchev–Trinajstić information content (AvgIpc) is 2.38. The molecule has 18 heavy (non-hydrogen) atoms. The summed E-state index contributed by atoms with van der Waals surface area (Å²) in [5, 5.41) is 0. The second kappa shape index (κ2) is 5.45. The molecule has 3 nitrogen and oxygen atoms in total. The molecule has 3 heteroatoms. The lowest BCUT2D eigenvalue weighted by Crippen LogP contribution is -1.99. The highest BCUT2D eigenvalue weighted by atomic mass is 14.9. The number of allylic oxidation sites excluding steroid dienone is 1. The molecule has 1 aromatic heterocycles. The maximum Gasteiger partial charge on any atom is 0.159 e. The van der Waals surface area contributed by atoms with Gasteiger partial charge in [-0.25, -0.2) is 9.97 Å². The Balaban J connectivity index is 2.29. The minimum Gasteiger partial charge on any atom is -0.402 e. The van der Waals surface area contributed by atoms with Crippen LogP contribution in [0.1, 0.15) is 18.1 Å². The van der Waals surface area contributed by atoms with Crippen LogP contribution < -0.4 is 5.73 Å². The Morgan fingerprint density at radius 1 is 1.22 bits per heavy atom. The molecular weight excluding hydrogens is 222 g/mol. The number of nitrogens with zero attached hydrogens (tertiary/aromatic N) is 2. The first-order valence-corrected chi connectivity index (χ1v) is 6.02. The van der Waals surface area contributed by atoms with Crippen LogP contribution in [0.3, 0.4) is 0 Å². The number of aromatic nitrogens is 2. The SMILES string of the molecule is C=C(N)Cc1cccc(-c2ncc(CC)cn2)c1. The zero-order valence-electron chi connectivity index (χ0n) is 10.6. The van der Waals surface area contributed by atoms with Crippen molar-refractivity contribution in [2.75, 3.05) is 0 Å². The molecule has 0 aliphatic heterocycles. The topological polar surface area (TPSA) is 51.8 Å². The van der Waals surface area contributed by atoms with Crippen LogP contribution in [0, 0.1) is 0 Å². The van der Waals surface area contributed by atoms with Crippen molar-refractivity contribution in [3.8, 4) is 11.4 Å². The van der Waals surface area contributed by atoms with Gasteiger partial charge in [0.15, 0.2) is 5.82 Å². The molecular formula is C15H17N3. The fourth-order valence-corrected chi connectivity index (χ4v) is 1.77. The van der Waals surface area contributed by atoms with Crippen molar-refractivity contribution < 1.29 is 0 Å². The van der Waals surface area contributed by atoms with Gasteiger partial charge in [0, 0.05) is 30.1 Å². The van der Waals surface area contributed by atoms with E-state index in [1.807, 2.05) is 30.6 Å². The highest BCUT2D eigenvalue weighted by Gasteiger charge is 2.02. The molecule has 0 aliphatic rings. The van der Waals surface area contributed by atoms with Crippen LogP contribution in [0.5, 0.6) is 0 Å².